The number of carbonyl (C=O) groups is 1. The van der Waals surface area contributed by atoms with Crippen LogP contribution < -0.4 is 10.1 Å². The molecular weight excluding hydrogens is 384 g/mol. The van der Waals surface area contributed by atoms with Crippen LogP contribution in [0.4, 0.5) is 11.4 Å². The lowest BCUT2D eigenvalue weighted by Crippen LogP contribution is -2.10. The van der Waals surface area contributed by atoms with E-state index in [4.69, 9.17) is 9.15 Å². The molecule has 0 unspecified atom stereocenters. The van der Waals surface area contributed by atoms with Gasteiger partial charge in [0.05, 0.1) is 12.8 Å². The molecule has 0 aliphatic rings. The molecule has 1 heterocycles. The normalized spacial score (nSPS) is 10.8. The average molecular weight is 399 g/mol. The Morgan fingerprint density at radius 1 is 1.08 bits per heavy atom. The molecule has 0 bridgehead atoms. The number of furan rings is 1. The minimum atomic E-state index is -0.301. The molecule has 25 heavy (non-hydrogen) atoms. The van der Waals surface area contributed by atoms with Crippen molar-refractivity contribution < 1.29 is 13.9 Å². The van der Waals surface area contributed by atoms with Crippen LogP contribution in [0.1, 0.15) is 16.1 Å². The van der Waals surface area contributed by atoms with Crippen molar-refractivity contribution in [3.8, 4) is 5.75 Å². The van der Waals surface area contributed by atoms with E-state index >= 15 is 0 Å². The summed E-state index contributed by atoms with van der Waals surface area (Å²) in [5.74, 6) is 0.741. The summed E-state index contributed by atoms with van der Waals surface area (Å²) in [6, 6.07) is 18.1. The monoisotopic (exact) mass is 398 g/mol. The zero-order chi connectivity index (χ0) is 17.6. The predicted octanol–water partition coefficient (Wildman–Crippen LogP) is 5.05. The highest BCUT2D eigenvalue weighted by molar-refractivity contribution is 9.10. The van der Waals surface area contributed by atoms with Crippen LogP contribution in [-0.2, 0) is 0 Å². The topological polar surface area (TPSA) is 63.8 Å². The van der Waals surface area contributed by atoms with Gasteiger partial charge in [-0.3, -0.25) is 9.79 Å². The molecular formula is C19H15BrN2O3. The van der Waals surface area contributed by atoms with Crippen LogP contribution in [0, 0.1) is 0 Å². The van der Waals surface area contributed by atoms with E-state index < -0.39 is 0 Å². The summed E-state index contributed by atoms with van der Waals surface area (Å²) in [6.45, 7) is 0. The van der Waals surface area contributed by atoms with E-state index in [1.807, 2.05) is 48.5 Å². The summed E-state index contributed by atoms with van der Waals surface area (Å²) < 4.78 is 10.9. The standard InChI is InChI=1S/C19H15BrN2O3/c1-24-16-8-6-14(7-9-16)21-12-13-2-4-15(5-3-13)22-19(23)17-10-11-18(20)25-17/h2-12H,1H3,(H,22,23). The van der Waals surface area contributed by atoms with E-state index in [-0.39, 0.29) is 11.7 Å². The number of aliphatic imine (C=N–C) groups is 1. The number of hydrogen-bond acceptors (Lipinski definition) is 4. The second-order valence-electron chi connectivity index (χ2n) is 5.14. The fourth-order valence-electron chi connectivity index (χ4n) is 2.10. The number of methoxy groups -OCH3 is 1. The van der Waals surface area contributed by atoms with E-state index in [0.717, 1.165) is 17.0 Å². The number of carbonyl (C=O) groups excluding carboxylic acids is 1. The van der Waals surface area contributed by atoms with Crippen molar-refractivity contribution in [2.24, 2.45) is 4.99 Å². The molecule has 1 aromatic heterocycles. The Balaban J connectivity index is 1.63. The van der Waals surface area contributed by atoms with Gasteiger partial charge in [-0.25, -0.2) is 0 Å². The number of rotatable bonds is 5. The van der Waals surface area contributed by atoms with Gasteiger partial charge in [-0.15, -0.1) is 0 Å². The van der Waals surface area contributed by atoms with Crippen LogP contribution in [0.15, 0.2) is 74.7 Å². The van der Waals surface area contributed by atoms with Gasteiger partial charge >= 0.3 is 0 Å². The Morgan fingerprint density at radius 2 is 1.80 bits per heavy atom. The molecule has 0 saturated heterocycles. The maximum absolute atomic E-state index is 12.0. The van der Waals surface area contributed by atoms with E-state index in [9.17, 15) is 4.79 Å². The molecule has 0 saturated carbocycles. The second-order valence-corrected chi connectivity index (χ2v) is 5.92. The lowest BCUT2D eigenvalue weighted by molar-refractivity contribution is 0.0995. The van der Waals surface area contributed by atoms with Crippen molar-refractivity contribution in [1.29, 1.82) is 0 Å². The summed E-state index contributed by atoms with van der Waals surface area (Å²) >= 11 is 3.17. The molecule has 1 N–H and O–H groups in total. The van der Waals surface area contributed by atoms with E-state index in [2.05, 4.69) is 26.2 Å². The first-order valence-electron chi connectivity index (χ1n) is 7.49. The van der Waals surface area contributed by atoms with Crippen LogP contribution >= 0.6 is 15.9 Å². The second kappa shape index (κ2) is 7.81. The van der Waals surface area contributed by atoms with Gasteiger partial charge in [0.2, 0.25) is 0 Å². The first-order valence-corrected chi connectivity index (χ1v) is 8.28. The highest BCUT2D eigenvalue weighted by Gasteiger charge is 2.10. The number of nitrogens with one attached hydrogen (secondary N) is 1. The number of halogens is 1. The minimum Gasteiger partial charge on any atom is -0.497 e. The number of ether oxygens (including phenoxy) is 1. The third kappa shape index (κ3) is 4.58. The third-order valence-electron chi connectivity index (χ3n) is 3.40. The lowest BCUT2D eigenvalue weighted by atomic mass is 10.2. The van der Waals surface area contributed by atoms with Gasteiger partial charge in [0.25, 0.3) is 5.91 Å². The number of benzene rings is 2. The van der Waals surface area contributed by atoms with Gasteiger partial charge in [-0.2, -0.15) is 0 Å². The van der Waals surface area contributed by atoms with Crippen LogP contribution in [0.3, 0.4) is 0 Å². The van der Waals surface area contributed by atoms with Gasteiger partial charge in [-0.1, -0.05) is 12.1 Å². The fraction of sp³-hybridized carbons (Fsp3) is 0.0526. The predicted molar refractivity (Wildman–Crippen MR) is 101 cm³/mol. The van der Waals surface area contributed by atoms with Crippen LogP contribution in [0.5, 0.6) is 5.75 Å². The van der Waals surface area contributed by atoms with Gasteiger partial charge in [0.15, 0.2) is 10.4 Å². The van der Waals surface area contributed by atoms with Crippen molar-refractivity contribution >= 4 is 39.4 Å². The summed E-state index contributed by atoms with van der Waals surface area (Å²) in [5.41, 5.74) is 2.44. The molecule has 126 valence electrons. The minimum absolute atomic E-state index is 0.247. The smallest absolute Gasteiger partial charge is 0.291 e. The molecule has 0 spiro atoms. The zero-order valence-corrected chi connectivity index (χ0v) is 15.0. The summed E-state index contributed by atoms with van der Waals surface area (Å²) in [4.78, 5) is 16.4. The molecule has 3 aromatic rings. The Bertz CT molecular complexity index is 884. The maximum atomic E-state index is 12.0. The summed E-state index contributed by atoms with van der Waals surface area (Å²) in [6.07, 6.45) is 1.76. The largest absolute Gasteiger partial charge is 0.497 e. The highest BCUT2D eigenvalue weighted by atomic mass is 79.9. The molecule has 2 aromatic carbocycles. The van der Waals surface area contributed by atoms with Crippen molar-refractivity contribution in [3.63, 3.8) is 0 Å². The molecule has 3 rings (SSSR count). The SMILES string of the molecule is COc1ccc(N=Cc2ccc(NC(=O)c3ccc(Br)o3)cc2)cc1. The van der Waals surface area contributed by atoms with Gasteiger partial charge in [-0.05, 0) is 70.0 Å². The zero-order valence-electron chi connectivity index (χ0n) is 13.4. The molecule has 1 amide bonds. The highest BCUT2D eigenvalue weighted by Crippen LogP contribution is 2.18. The molecule has 0 radical (unpaired) electrons. The number of nitrogens with zero attached hydrogens (tertiary/aromatic N) is 1. The summed E-state index contributed by atoms with van der Waals surface area (Å²) in [7, 11) is 1.63. The van der Waals surface area contributed by atoms with Crippen molar-refractivity contribution in [1.82, 2.24) is 0 Å². The number of hydrogen-bond donors (Lipinski definition) is 1. The molecule has 0 fully saturated rings. The quantitative estimate of drug-likeness (QED) is 0.611. The van der Waals surface area contributed by atoms with Crippen molar-refractivity contribution in [2.75, 3.05) is 12.4 Å². The first kappa shape index (κ1) is 17.0. The van der Waals surface area contributed by atoms with E-state index in [1.54, 1.807) is 25.5 Å². The molecule has 0 atom stereocenters. The van der Waals surface area contributed by atoms with Gasteiger partial charge < -0.3 is 14.5 Å². The number of anilines is 1. The molecule has 5 nitrogen and oxygen atoms in total. The first-order chi connectivity index (χ1) is 12.1. The summed E-state index contributed by atoms with van der Waals surface area (Å²) in [5, 5.41) is 2.77. The van der Waals surface area contributed by atoms with E-state index in [1.165, 1.54) is 0 Å². The van der Waals surface area contributed by atoms with Crippen molar-refractivity contribution in [3.05, 3.63) is 76.7 Å². The third-order valence-corrected chi connectivity index (χ3v) is 3.83. The van der Waals surface area contributed by atoms with Crippen LogP contribution in [0.2, 0.25) is 0 Å². The number of amides is 1. The van der Waals surface area contributed by atoms with Crippen molar-refractivity contribution in [2.45, 2.75) is 0 Å². The Labute approximate surface area is 153 Å². The lowest BCUT2D eigenvalue weighted by Gasteiger charge is -2.03. The van der Waals surface area contributed by atoms with Gasteiger partial charge in [0.1, 0.15) is 5.75 Å². The Hall–Kier alpha value is -2.86. The van der Waals surface area contributed by atoms with Crippen LogP contribution in [-0.4, -0.2) is 19.2 Å². The Kier molecular flexibility index (Phi) is 5.30. The fourth-order valence-corrected chi connectivity index (χ4v) is 2.41. The maximum Gasteiger partial charge on any atom is 0.291 e. The van der Waals surface area contributed by atoms with E-state index in [0.29, 0.717) is 10.4 Å². The molecule has 0 aliphatic heterocycles. The van der Waals surface area contributed by atoms with Gasteiger partial charge in [0, 0.05) is 11.9 Å². The van der Waals surface area contributed by atoms with Crippen LogP contribution in [0.25, 0.3) is 0 Å². The molecule has 0 aliphatic carbocycles. The Morgan fingerprint density at radius 3 is 2.40 bits per heavy atom. The molecule has 6 heteroatoms. The average Bonchev–Trinajstić information content (AvgIpc) is 3.08.